The van der Waals surface area contributed by atoms with Crippen LogP contribution in [0.1, 0.15) is 17.2 Å². The van der Waals surface area contributed by atoms with Crippen LogP contribution >= 0.6 is 23.2 Å². The van der Waals surface area contributed by atoms with Crippen molar-refractivity contribution in [3.8, 4) is 5.75 Å². The first-order valence-corrected chi connectivity index (χ1v) is 7.74. The first-order valence-electron chi connectivity index (χ1n) is 6.99. The molecule has 7 heteroatoms. The number of phenolic OH excluding ortho intramolecular Hbond substituents is 1. The SMILES string of the molecule is O=C(O)NC(c1ccccc1Cl)c1cc(Cl)c2cccnc2c1O. The van der Waals surface area contributed by atoms with Gasteiger partial charge in [0.05, 0.1) is 11.1 Å². The average Bonchev–Trinajstić information content (AvgIpc) is 2.57. The highest BCUT2D eigenvalue weighted by molar-refractivity contribution is 6.35. The van der Waals surface area contributed by atoms with E-state index < -0.39 is 12.1 Å². The van der Waals surface area contributed by atoms with Crippen LogP contribution in [0.25, 0.3) is 10.9 Å². The molecule has 0 radical (unpaired) electrons. The van der Waals surface area contributed by atoms with Crippen LogP contribution in [0.4, 0.5) is 4.79 Å². The van der Waals surface area contributed by atoms with E-state index in [-0.39, 0.29) is 11.3 Å². The number of aromatic nitrogens is 1. The molecule has 0 aliphatic rings. The minimum atomic E-state index is -1.25. The van der Waals surface area contributed by atoms with Gasteiger partial charge < -0.3 is 15.5 Å². The Morgan fingerprint density at radius 1 is 1.08 bits per heavy atom. The molecule has 3 N–H and O–H groups in total. The molecule has 0 saturated heterocycles. The first kappa shape index (κ1) is 16.4. The highest BCUT2D eigenvalue weighted by atomic mass is 35.5. The molecule has 1 amide bonds. The molecule has 122 valence electrons. The number of hydrogen-bond donors (Lipinski definition) is 3. The lowest BCUT2D eigenvalue weighted by atomic mass is 9.96. The van der Waals surface area contributed by atoms with E-state index in [2.05, 4.69) is 10.3 Å². The predicted octanol–water partition coefficient (Wildman–Crippen LogP) is 4.60. The second-order valence-electron chi connectivity index (χ2n) is 5.10. The Kier molecular flexibility index (Phi) is 4.46. The summed E-state index contributed by atoms with van der Waals surface area (Å²) in [7, 11) is 0. The van der Waals surface area contributed by atoms with Crippen molar-refractivity contribution in [1.29, 1.82) is 0 Å². The van der Waals surface area contributed by atoms with E-state index in [0.29, 0.717) is 26.5 Å². The van der Waals surface area contributed by atoms with Gasteiger partial charge in [-0.3, -0.25) is 4.98 Å². The maximum absolute atomic E-state index is 11.2. The molecule has 0 aliphatic carbocycles. The summed E-state index contributed by atoms with van der Waals surface area (Å²) in [5.41, 5.74) is 1.08. The smallest absolute Gasteiger partial charge is 0.405 e. The Labute approximate surface area is 147 Å². The van der Waals surface area contributed by atoms with E-state index in [1.165, 1.54) is 12.3 Å². The Morgan fingerprint density at radius 2 is 1.83 bits per heavy atom. The summed E-state index contributed by atoms with van der Waals surface area (Å²) in [4.78, 5) is 15.4. The Bertz CT molecular complexity index is 931. The fraction of sp³-hybridized carbons (Fsp3) is 0.0588. The molecule has 0 aliphatic heterocycles. The summed E-state index contributed by atoms with van der Waals surface area (Å²) in [6, 6.07) is 10.8. The van der Waals surface area contributed by atoms with Crippen molar-refractivity contribution >= 4 is 40.2 Å². The highest BCUT2D eigenvalue weighted by Gasteiger charge is 2.24. The molecule has 1 unspecified atom stereocenters. The van der Waals surface area contributed by atoms with Crippen LogP contribution in [-0.2, 0) is 0 Å². The standard InChI is InChI=1S/C17H12Cl2N2O3/c18-12-6-2-1-4-9(12)14(21-17(23)24)11-8-13(19)10-5-3-7-20-15(10)16(11)22/h1-8,14,21-22H,(H,23,24). The maximum atomic E-state index is 11.2. The first-order chi connectivity index (χ1) is 11.5. The quantitative estimate of drug-likeness (QED) is 0.635. The zero-order chi connectivity index (χ0) is 17.3. The monoisotopic (exact) mass is 362 g/mol. The Morgan fingerprint density at radius 3 is 2.54 bits per heavy atom. The van der Waals surface area contributed by atoms with Gasteiger partial charge in [-0.1, -0.05) is 41.4 Å². The molecule has 24 heavy (non-hydrogen) atoms. The number of nitrogens with one attached hydrogen (secondary N) is 1. The Balaban J connectivity index is 2.25. The van der Waals surface area contributed by atoms with Crippen molar-refractivity contribution in [3.63, 3.8) is 0 Å². The number of pyridine rings is 1. The number of carbonyl (C=O) groups is 1. The number of benzene rings is 2. The van der Waals surface area contributed by atoms with Crippen LogP contribution in [0.2, 0.25) is 10.0 Å². The van der Waals surface area contributed by atoms with Crippen LogP contribution in [0.3, 0.4) is 0 Å². The van der Waals surface area contributed by atoms with Crippen molar-refractivity contribution in [2.45, 2.75) is 6.04 Å². The molecule has 0 fully saturated rings. The normalized spacial score (nSPS) is 12.1. The van der Waals surface area contributed by atoms with E-state index in [0.717, 1.165) is 0 Å². The van der Waals surface area contributed by atoms with Crippen LogP contribution in [0.15, 0.2) is 48.7 Å². The molecule has 3 rings (SSSR count). The second kappa shape index (κ2) is 6.55. The number of carboxylic acid groups (broad SMARTS) is 1. The molecule has 1 heterocycles. The predicted molar refractivity (Wildman–Crippen MR) is 92.9 cm³/mol. The minimum Gasteiger partial charge on any atom is -0.505 e. The molecular weight excluding hydrogens is 351 g/mol. The molecule has 1 atom stereocenters. The van der Waals surface area contributed by atoms with Gasteiger partial charge in [0, 0.05) is 22.2 Å². The number of rotatable bonds is 3. The molecule has 1 aromatic heterocycles. The molecule has 3 aromatic rings. The van der Waals surface area contributed by atoms with Crippen molar-refractivity contribution in [2.24, 2.45) is 0 Å². The zero-order valence-corrected chi connectivity index (χ0v) is 13.7. The van der Waals surface area contributed by atoms with Gasteiger partial charge in [0.2, 0.25) is 0 Å². The summed E-state index contributed by atoms with van der Waals surface area (Å²) >= 11 is 12.5. The lowest BCUT2D eigenvalue weighted by Crippen LogP contribution is -2.28. The number of hydrogen-bond acceptors (Lipinski definition) is 3. The summed E-state index contributed by atoms with van der Waals surface area (Å²) < 4.78 is 0. The fourth-order valence-electron chi connectivity index (χ4n) is 2.58. The molecular formula is C17H12Cl2N2O3. The number of fused-ring (bicyclic) bond motifs is 1. The third-order valence-electron chi connectivity index (χ3n) is 3.64. The zero-order valence-electron chi connectivity index (χ0n) is 12.2. The van der Waals surface area contributed by atoms with Crippen molar-refractivity contribution in [1.82, 2.24) is 10.3 Å². The third-order valence-corrected chi connectivity index (χ3v) is 4.30. The van der Waals surface area contributed by atoms with Gasteiger partial charge in [-0.05, 0) is 29.8 Å². The van der Waals surface area contributed by atoms with Gasteiger partial charge in [0.25, 0.3) is 0 Å². The summed E-state index contributed by atoms with van der Waals surface area (Å²) in [6.07, 6.45) is 0.272. The average molecular weight is 363 g/mol. The van der Waals surface area contributed by atoms with Crippen molar-refractivity contribution < 1.29 is 15.0 Å². The number of nitrogens with zero attached hydrogens (tertiary/aromatic N) is 1. The van der Waals surface area contributed by atoms with Gasteiger partial charge >= 0.3 is 6.09 Å². The van der Waals surface area contributed by atoms with E-state index in [4.69, 9.17) is 23.2 Å². The van der Waals surface area contributed by atoms with Crippen LogP contribution < -0.4 is 5.32 Å². The van der Waals surface area contributed by atoms with Gasteiger partial charge in [-0.2, -0.15) is 0 Å². The van der Waals surface area contributed by atoms with E-state index in [9.17, 15) is 15.0 Å². The van der Waals surface area contributed by atoms with Crippen molar-refractivity contribution in [3.05, 3.63) is 69.8 Å². The van der Waals surface area contributed by atoms with Crippen LogP contribution in [0, 0.1) is 0 Å². The molecule has 0 bridgehead atoms. The van der Waals surface area contributed by atoms with Gasteiger partial charge in [-0.15, -0.1) is 0 Å². The van der Waals surface area contributed by atoms with Crippen molar-refractivity contribution in [2.75, 3.05) is 0 Å². The maximum Gasteiger partial charge on any atom is 0.405 e. The summed E-state index contributed by atoms with van der Waals surface area (Å²) in [5, 5.41) is 23.5. The molecule has 2 aromatic carbocycles. The second-order valence-corrected chi connectivity index (χ2v) is 5.91. The number of phenols is 1. The molecule has 0 spiro atoms. The Hall–Kier alpha value is -2.50. The van der Waals surface area contributed by atoms with Gasteiger partial charge in [0.15, 0.2) is 0 Å². The topological polar surface area (TPSA) is 82.5 Å². The number of halogens is 2. The number of aromatic hydroxyl groups is 1. The summed E-state index contributed by atoms with van der Waals surface area (Å²) in [6.45, 7) is 0. The summed E-state index contributed by atoms with van der Waals surface area (Å²) in [5.74, 6) is -0.145. The van der Waals surface area contributed by atoms with E-state index in [1.54, 1.807) is 36.4 Å². The van der Waals surface area contributed by atoms with E-state index in [1.807, 2.05) is 0 Å². The largest absolute Gasteiger partial charge is 0.505 e. The van der Waals surface area contributed by atoms with Crippen LogP contribution in [0.5, 0.6) is 5.75 Å². The van der Waals surface area contributed by atoms with E-state index >= 15 is 0 Å². The lowest BCUT2D eigenvalue weighted by Gasteiger charge is -2.21. The molecule has 5 nitrogen and oxygen atoms in total. The van der Waals surface area contributed by atoms with Crippen LogP contribution in [-0.4, -0.2) is 21.3 Å². The fourth-order valence-corrected chi connectivity index (χ4v) is 3.10. The highest BCUT2D eigenvalue weighted by Crippen LogP contribution is 2.39. The number of amides is 1. The van der Waals surface area contributed by atoms with Gasteiger partial charge in [-0.25, -0.2) is 4.79 Å². The minimum absolute atomic E-state index is 0.145. The molecule has 0 saturated carbocycles. The lowest BCUT2D eigenvalue weighted by molar-refractivity contribution is 0.191. The third kappa shape index (κ3) is 2.96. The van der Waals surface area contributed by atoms with Gasteiger partial charge in [0.1, 0.15) is 11.3 Å².